The average molecular weight is 209 g/mol. The Balaban J connectivity index is 3.30. The third-order valence-corrected chi connectivity index (χ3v) is 1.42. The molecule has 0 radical (unpaired) electrons. The third kappa shape index (κ3) is 4.52. The minimum Gasteiger partial charge on any atom is -0.480 e. The van der Waals surface area contributed by atoms with Crippen LogP contribution < -0.4 is 0 Å². The Kier molecular flexibility index (Phi) is 5.25. The maximum atomic E-state index is 10.1. The van der Waals surface area contributed by atoms with Crippen LogP contribution in [0.3, 0.4) is 0 Å². The van der Waals surface area contributed by atoms with Gasteiger partial charge in [0.1, 0.15) is 4.83 Å². The van der Waals surface area contributed by atoms with E-state index in [-0.39, 0.29) is 6.61 Å². The van der Waals surface area contributed by atoms with Crippen LogP contribution in [0.4, 0.5) is 0 Å². The zero-order valence-corrected chi connectivity index (χ0v) is 7.00. The molecule has 0 aliphatic carbocycles. The molecule has 0 aliphatic heterocycles. The molecule has 1 N–H and O–H groups in total. The van der Waals surface area contributed by atoms with Gasteiger partial charge in [0, 0.05) is 0 Å². The summed E-state index contributed by atoms with van der Waals surface area (Å²) in [5.74, 6) is -0.913. The van der Waals surface area contributed by atoms with E-state index in [0.29, 0.717) is 6.61 Å². The molecule has 0 spiro atoms. The van der Waals surface area contributed by atoms with E-state index in [1.807, 2.05) is 0 Å². The van der Waals surface area contributed by atoms with Crippen molar-refractivity contribution in [1.29, 1.82) is 0 Å². The fourth-order valence-corrected chi connectivity index (χ4v) is 0.513. The molecular weight excluding hydrogens is 200 g/mol. The van der Waals surface area contributed by atoms with Crippen LogP contribution in [-0.4, -0.2) is 29.1 Å². The van der Waals surface area contributed by atoms with Gasteiger partial charge in [-0.3, -0.25) is 4.79 Å². The number of hydrogen-bond acceptors (Lipinski definition) is 2. The zero-order chi connectivity index (χ0) is 7.98. The normalized spacial score (nSPS) is 12.5. The maximum absolute atomic E-state index is 10.1. The lowest BCUT2D eigenvalue weighted by Crippen LogP contribution is -2.19. The lowest BCUT2D eigenvalue weighted by molar-refractivity contribution is -0.137. The van der Waals surface area contributed by atoms with Gasteiger partial charge in [-0.05, 0) is 0 Å². The van der Waals surface area contributed by atoms with Gasteiger partial charge in [0.05, 0.1) is 13.2 Å². The molecule has 1 unspecified atom stereocenters. The Morgan fingerprint density at radius 3 is 2.90 bits per heavy atom. The SMILES string of the molecule is C=CCOCC(Br)C(=O)O. The number of hydrogen-bond donors (Lipinski definition) is 1. The highest BCUT2D eigenvalue weighted by atomic mass is 79.9. The molecule has 0 aliphatic rings. The van der Waals surface area contributed by atoms with Crippen LogP contribution in [-0.2, 0) is 9.53 Å². The average Bonchev–Trinajstić information content (AvgIpc) is 1.88. The molecule has 4 heteroatoms. The van der Waals surface area contributed by atoms with Crippen molar-refractivity contribution < 1.29 is 14.6 Å². The van der Waals surface area contributed by atoms with Gasteiger partial charge in [0.15, 0.2) is 0 Å². The van der Waals surface area contributed by atoms with Gasteiger partial charge in [0.25, 0.3) is 0 Å². The van der Waals surface area contributed by atoms with Gasteiger partial charge in [-0.15, -0.1) is 6.58 Å². The van der Waals surface area contributed by atoms with Crippen LogP contribution in [0.2, 0.25) is 0 Å². The molecule has 1 atom stereocenters. The first kappa shape index (κ1) is 9.65. The van der Waals surface area contributed by atoms with Gasteiger partial charge in [-0.2, -0.15) is 0 Å². The molecule has 0 fully saturated rings. The number of aliphatic carboxylic acids is 1. The largest absolute Gasteiger partial charge is 0.480 e. The smallest absolute Gasteiger partial charge is 0.319 e. The fraction of sp³-hybridized carbons (Fsp3) is 0.500. The molecule has 0 amide bonds. The monoisotopic (exact) mass is 208 g/mol. The molecule has 0 bridgehead atoms. The molecule has 3 nitrogen and oxygen atoms in total. The van der Waals surface area contributed by atoms with Crippen LogP contribution in [0, 0.1) is 0 Å². The van der Waals surface area contributed by atoms with E-state index in [0.717, 1.165) is 0 Å². The van der Waals surface area contributed by atoms with Crippen molar-refractivity contribution in [2.24, 2.45) is 0 Å². The highest BCUT2D eigenvalue weighted by molar-refractivity contribution is 9.10. The first-order valence-corrected chi connectivity index (χ1v) is 3.65. The van der Waals surface area contributed by atoms with E-state index in [1.165, 1.54) is 0 Å². The number of alkyl halides is 1. The molecule has 0 aromatic carbocycles. The number of carboxylic acid groups (broad SMARTS) is 1. The summed E-state index contributed by atoms with van der Waals surface area (Å²) in [4.78, 5) is 9.52. The van der Waals surface area contributed by atoms with E-state index in [2.05, 4.69) is 22.5 Å². The second kappa shape index (κ2) is 5.44. The van der Waals surface area contributed by atoms with Crippen molar-refractivity contribution in [3.8, 4) is 0 Å². The number of ether oxygens (including phenoxy) is 1. The predicted octanol–water partition coefficient (Wildman–Crippen LogP) is 1.04. The number of halogens is 1. The molecule has 0 heterocycles. The lowest BCUT2D eigenvalue weighted by atomic mass is 10.5. The van der Waals surface area contributed by atoms with Gasteiger partial charge >= 0.3 is 5.97 Å². The molecule has 0 aromatic rings. The Morgan fingerprint density at radius 1 is 1.90 bits per heavy atom. The summed E-state index contributed by atoms with van der Waals surface area (Å²) in [6.07, 6.45) is 1.57. The molecular formula is C6H9BrO3. The van der Waals surface area contributed by atoms with Crippen molar-refractivity contribution in [1.82, 2.24) is 0 Å². The van der Waals surface area contributed by atoms with Gasteiger partial charge in [-0.25, -0.2) is 0 Å². The third-order valence-electron chi connectivity index (χ3n) is 0.768. The molecule has 10 heavy (non-hydrogen) atoms. The number of rotatable bonds is 5. The van der Waals surface area contributed by atoms with Crippen molar-refractivity contribution in [2.45, 2.75) is 4.83 Å². The predicted molar refractivity (Wildman–Crippen MR) is 41.4 cm³/mol. The van der Waals surface area contributed by atoms with E-state index in [4.69, 9.17) is 9.84 Å². The second-order valence-electron chi connectivity index (χ2n) is 1.63. The molecule has 0 saturated heterocycles. The van der Waals surface area contributed by atoms with E-state index in [1.54, 1.807) is 6.08 Å². The molecule has 58 valence electrons. The maximum Gasteiger partial charge on any atom is 0.319 e. The Bertz CT molecular complexity index is 124. The van der Waals surface area contributed by atoms with Crippen molar-refractivity contribution in [3.63, 3.8) is 0 Å². The van der Waals surface area contributed by atoms with Crippen molar-refractivity contribution >= 4 is 21.9 Å². The van der Waals surface area contributed by atoms with Crippen LogP contribution >= 0.6 is 15.9 Å². The Hall–Kier alpha value is -0.350. The summed E-state index contributed by atoms with van der Waals surface area (Å²) in [7, 11) is 0. The fourth-order valence-electron chi connectivity index (χ4n) is 0.326. The highest BCUT2D eigenvalue weighted by Crippen LogP contribution is 1.99. The first-order chi connectivity index (χ1) is 4.68. The molecule has 0 rings (SSSR count). The van der Waals surface area contributed by atoms with Crippen LogP contribution in [0.15, 0.2) is 12.7 Å². The summed E-state index contributed by atoms with van der Waals surface area (Å²) in [5, 5.41) is 8.33. The summed E-state index contributed by atoms with van der Waals surface area (Å²) in [6.45, 7) is 3.97. The van der Waals surface area contributed by atoms with E-state index in [9.17, 15) is 4.79 Å². The van der Waals surface area contributed by atoms with Gasteiger partial charge in [0.2, 0.25) is 0 Å². The summed E-state index contributed by atoms with van der Waals surface area (Å²) < 4.78 is 4.86. The molecule has 0 saturated carbocycles. The number of carbonyl (C=O) groups is 1. The summed E-state index contributed by atoms with van der Waals surface area (Å²) >= 11 is 2.91. The van der Waals surface area contributed by atoms with Crippen molar-refractivity contribution in [2.75, 3.05) is 13.2 Å². The second-order valence-corrected chi connectivity index (χ2v) is 2.74. The van der Waals surface area contributed by atoms with Gasteiger partial charge < -0.3 is 9.84 Å². The quantitative estimate of drug-likeness (QED) is 0.418. The minimum absolute atomic E-state index is 0.168. The highest BCUT2D eigenvalue weighted by Gasteiger charge is 2.11. The summed E-state index contributed by atoms with van der Waals surface area (Å²) in [5.41, 5.74) is 0. The lowest BCUT2D eigenvalue weighted by Gasteiger charge is -2.02. The summed E-state index contributed by atoms with van der Waals surface area (Å²) in [6, 6.07) is 0. The van der Waals surface area contributed by atoms with Gasteiger partial charge in [-0.1, -0.05) is 22.0 Å². The standard InChI is InChI=1S/C6H9BrO3/c1-2-3-10-4-5(7)6(8)9/h2,5H,1,3-4H2,(H,8,9). The van der Waals surface area contributed by atoms with E-state index < -0.39 is 10.8 Å². The minimum atomic E-state index is -0.913. The molecule has 0 aromatic heterocycles. The Labute approximate surface area is 67.8 Å². The Morgan fingerprint density at radius 2 is 2.50 bits per heavy atom. The zero-order valence-electron chi connectivity index (χ0n) is 5.42. The number of carboxylic acids is 1. The first-order valence-electron chi connectivity index (χ1n) is 2.74. The van der Waals surface area contributed by atoms with Crippen LogP contribution in [0.25, 0.3) is 0 Å². The van der Waals surface area contributed by atoms with Crippen molar-refractivity contribution in [3.05, 3.63) is 12.7 Å². The van der Waals surface area contributed by atoms with Crippen LogP contribution in [0.1, 0.15) is 0 Å². The van der Waals surface area contributed by atoms with E-state index >= 15 is 0 Å². The topological polar surface area (TPSA) is 46.5 Å². The van der Waals surface area contributed by atoms with Crippen LogP contribution in [0.5, 0.6) is 0 Å².